The molecule has 508 valence electrons. The average Bonchev–Trinajstić information content (AvgIpc) is 0.888. The zero-order valence-electron chi connectivity index (χ0n) is 56.4. The zero-order valence-corrected chi connectivity index (χ0v) is 56.4. The van der Waals surface area contributed by atoms with Crippen molar-refractivity contribution in [3.8, 4) is 0 Å². The van der Waals surface area contributed by atoms with Crippen LogP contribution in [-0.2, 0) is 65.3 Å². The van der Waals surface area contributed by atoms with Gasteiger partial charge in [-0.2, -0.15) is 13.2 Å². The number of amides is 11. The molecule has 0 spiro atoms. The van der Waals surface area contributed by atoms with Crippen LogP contribution in [0.2, 0.25) is 0 Å². The second-order valence-corrected chi connectivity index (χ2v) is 27.1. The van der Waals surface area contributed by atoms with Crippen LogP contribution in [0, 0.1) is 35.4 Å². The summed E-state index contributed by atoms with van der Waals surface area (Å²) in [6, 6.07) is -5.96. The van der Waals surface area contributed by atoms with E-state index in [1.165, 1.54) is 77.9 Å². The van der Waals surface area contributed by atoms with Crippen LogP contribution >= 0.6 is 0 Å². The van der Waals surface area contributed by atoms with E-state index < -0.39 is 156 Å². The Morgan fingerprint density at radius 1 is 0.567 bits per heavy atom. The first-order valence-corrected chi connectivity index (χ1v) is 31.5. The standard InChI is InChI=1S/C64H103F4N11O11/c1-37(2)28-47-57(85)71-55(40(7)8)61(89)75(14)35-53(82)73(12)36-54(83)77(16)50(33-42-22-20-19-21-23-42)60(88)74(13)34-51(80)70-46(27-25-43-24-26-44(45(65)32-43)64(66,67)68)59(87)78(17)49(30-39(5)6)58(86)72-63(10,11)62(90)79(18)48(29-38(3)4)56(84)69-41(9)31-52(81)76(47)15/h24,26,32,37-42,46-50,55H,19-23,25,27-31,33-36H2,1-18H3,(H,69,84)(H,70,80)(H,71,85)(H,72,86)/t41-,46+,47+,48+,49+,50-,55+/m1/s1. The Hall–Kier alpha value is -6.89. The summed E-state index contributed by atoms with van der Waals surface area (Å²) in [4.78, 5) is 166. The van der Waals surface area contributed by atoms with Crippen molar-refractivity contribution < 1.29 is 70.3 Å². The van der Waals surface area contributed by atoms with Gasteiger partial charge in [0.1, 0.15) is 47.6 Å². The molecule has 7 atom stereocenters. The monoisotopic (exact) mass is 1280 g/mol. The van der Waals surface area contributed by atoms with Crippen molar-refractivity contribution >= 4 is 65.0 Å². The summed E-state index contributed by atoms with van der Waals surface area (Å²) in [5.41, 5.74) is -3.22. The maximum Gasteiger partial charge on any atom is 0.419 e. The molecule has 4 N–H and O–H groups in total. The van der Waals surface area contributed by atoms with Crippen molar-refractivity contribution in [2.75, 3.05) is 69.0 Å². The molecule has 0 aromatic heterocycles. The molecule has 0 unspecified atom stereocenters. The van der Waals surface area contributed by atoms with Crippen LogP contribution < -0.4 is 21.3 Å². The van der Waals surface area contributed by atoms with E-state index in [1.807, 2.05) is 27.7 Å². The molecule has 1 heterocycles. The molecule has 22 nitrogen and oxygen atoms in total. The lowest BCUT2D eigenvalue weighted by Gasteiger charge is -2.38. The van der Waals surface area contributed by atoms with Crippen LogP contribution in [-0.4, -0.2) is 216 Å². The quantitative estimate of drug-likeness (QED) is 0.203. The lowest BCUT2D eigenvalue weighted by atomic mass is 9.84. The summed E-state index contributed by atoms with van der Waals surface area (Å²) in [6.45, 7) is 17.1. The van der Waals surface area contributed by atoms with Gasteiger partial charge in [0.2, 0.25) is 65.0 Å². The first kappa shape index (κ1) is 77.4. The van der Waals surface area contributed by atoms with Crippen LogP contribution in [0.1, 0.15) is 158 Å². The van der Waals surface area contributed by atoms with Gasteiger partial charge in [0.25, 0.3) is 0 Å². The van der Waals surface area contributed by atoms with E-state index in [0.29, 0.717) is 12.1 Å². The number of aryl methyl sites for hydroxylation is 1. The SMILES string of the molecule is CC(C)C[C@H]1C(=O)N[C@@H](C(C)C)C(=O)N(C)CC(=O)N(C)CC(=O)N(C)[C@H](CC2CCCCC2)C(=O)N(C)CC(=O)N[C@@H](CCc2ccc(C(F)(F)F)c(F)c2)C(=O)N(C)[C@@H](CC(C)C)C(=O)NC(C)(C)C(=O)N(C)[C@@H](CC(C)C)C(=O)N[C@H](C)CC(=O)N1C. The fourth-order valence-electron chi connectivity index (χ4n) is 11.5. The Bertz CT molecular complexity index is 2700. The average molecular weight is 1280 g/mol. The van der Waals surface area contributed by atoms with E-state index in [2.05, 4.69) is 21.3 Å². The third kappa shape index (κ3) is 22.5. The van der Waals surface area contributed by atoms with Crippen LogP contribution in [0.4, 0.5) is 17.6 Å². The maximum atomic E-state index is 14.9. The number of carbonyl (C=O) groups excluding carboxylic acids is 11. The number of carbonyl (C=O) groups is 11. The Kier molecular flexibility index (Phi) is 29.2. The van der Waals surface area contributed by atoms with Gasteiger partial charge in [0, 0.05) is 61.8 Å². The lowest BCUT2D eigenvalue weighted by molar-refractivity contribution is -0.149. The van der Waals surface area contributed by atoms with Gasteiger partial charge in [-0.15, -0.1) is 0 Å². The number of alkyl halides is 3. The van der Waals surface area contributed by atoms with Gasteiger partial charge in [-0.05, 0) is 107 Å². The van der Waals surface area contributed by atoms with Gasteiger partial charge < -0.3 is 55.6 Å². The molecular weight excluding hydrogens is 1170 g/mol. The van der Waals surface area contributed by atoms with Gasteiger partial charge in [-0.1, -0.05) is 93.6 Å². The van der Waals surface area contributed by atoms with Crippen LogP contribution in [0.3, 0.4) is 0 Å². The van der Waals surface area contributed by atoms with E-state index >= 15 is 0 Å². The Morgan fingerprint density at radius 2 is 1.07 bits per heavy atom. The highest BCUT2D eigenvalue weighted by molar-refractivity contribution is 5.98. The van der Waals surface area contributed by atoms with E-state index in [-0.39, 0.29) is 74.2 Å². The number of rotatable bonds is 12. The molecule has 1 aromatic rings. The zero-order chi connectivity index (χ0) is 68.6. The predicted octanol–water partition coefficient (Wildman–Crippen LogP) is 5.00. The van der Waals surface area contributed by atoms with E-state index in [1.54, 1.807) is 34.6 Å². The van der Waals surface area contributed by atoms with E-state index in [4.69, 9.17) is 0 Å². The number of likely N-dealkylation sites (N-methyl/N-ethyl adjacent to an activating group) is 7. The molecule has 26 heteroatoms. The predicted molar refractivity (Wildman–Crippen MR) is 332 cm³/mol. The van der Waals surface area contributed by atoms with Crippen LogP contribution in [0.5, 0.6) is 0 Å². The second kappa shape index (κ2) is 34.0. The molecule has 0 radical (unpaired) electrons. The first-order valence-electron chi connectivity index (χ1n) is 31.5. The highest BCUT2D eigenvalue weighted by Crippen LogP contribution is 2.33. The minimum atomic E-state index is -5.00. The molecule has 2 fully saturated rings. The number of nitrogens with zero attached hydrogens (tertiary/aromatic N) is 7. The summed E-state index contributed by atoms with van der Waals surface area (Å²) in [7, 11) is 9.63. The normalized spacial score (nSPS) is 24.8. The minimum Gasteiger partial charge on any atom is -0.351 e. The van der Waals surface area contributed by atoms with Crippen LogP contribution in [0.15, 0.2) is 18.2 Å². The Balaban J connectivity index is 2.21. The number of nitrogens with one attached hydrogen (secondary N) is 4. The maximum absolute atomic E-state index is 14.9. The fraction of sp³-hybridized carbons (Fsp3) is 0.734. The van der Waals surface area contributed by atoms with Gasteiger partial charge in [-0.25, -0.2) is 4.39 Å². The van der Waals surface area contributed by atoms with Crippen molar-refractivity contribution in [1.82, 2.24) is 55.6 Å². The molecule has 90 heavy (non-hydrogen) atoms. The van der Waals surface area contributed by atoms with Crippen molar-refractivity contribution in [1.29, 1.82) is 0 Å². The van der Waals surface area contributed by atoms with Crippen molar-refractivity contribution in [2.45, 2.75) is 207 Å². The van der Waals surface area contributed by atoms with Crippen molar-refractivity contribution in [2.24, 2.45) is 29.6 Å². The topological polar surface area (TPSA) is 259 Å². The summed E-state index contributed by atoms with van der Waals surface area (Å²) in [5.74, 6) is -10.2. The molecule has 0 bridgehead atoms. The number of benzene rings is 1. The van der Waals surface area contributed by atoms with E-state index in [9.17, 15) is 70.3 Å². The van der Waals surface area contributed by atoms with Gasteiger partial charge >= 0.3 is 6.18 Å². The Morgan fingerprint density at radius 3 is 1.59 bits per heavy atom. The second-order valence-electron chi connectivity index (χ2n) is 27.1. The highest BCUT2D eigenvalue weighted by atomic mass is 19.4. The highest BCUT2D eigenvalue weighted by Gasteiger charge is 2.43. The van der Waals surface area contributed by atoms with Crippen molar-refractivity contribution in [3.63, 3.8) is 0 Å². The third-order valence-corrected chi connectivity index (χ3v) is 17.0. The minimum absolute atomic E-state index is 0.00567. The Labute approximate surface area is 530 Å². The largest absolute Gasteiger partial charge is 0.419 e. The molecule has 3 rings (SSSR count). The summed E-state index contributed by atoms with van der Waals surface area (Å²) < 4.78 is 55.7. The van der Waals surface area contributed by atoms with Gasteiger partial charge in [-0.3, -0.25) is 52.7 Å². The molecule has 1 saturated heterocycles. The van der Waals surface area contributed by atoms with Gasteiger partial charge in [0.15, 0.2) is 0 Å². The molecule has 1 aliphatic carbocycles. The summed E-state index contributed by atoms with van der Waals surface area (Å²) in [5, 5.41) is 11.1. The third-order valence-electron chi connectivity index (χ3n) is 17.0. The molecule has 2 aliphatic rings. The molecule has 1 aliphatic heterocycles. The lowest BCUT2D eigenvalue weighted by Crippen LogP contribution is -2.63. The van der Waals surface area contributed by atoms with Crippen molar-refractivity contribution in [3.05, 3.63) is 35.1 Å². The molecule has 1 aromatic carbocycles. The number of hydrogen-bond acceptors (Lipinski definition) is 11. The number of hydrogen-bond donors (Lipinski definition) is 4. The molecule has 1 saturated carbocycles. The summed E-state index contributed by atoms with van der Waals surface area (Å²) >= 11 is 0. The first-order chi connectivity index (χ1) is 41.6. The molecular formula is C64H103F4N11O11. The molecule has 11 amide bonds. The summed E-state index contributed by atoms with van der Waals surface area (Å²) in [6.07, 6.45) is -1.05. The van der Waals surface area contributed by atoms with Crippen LogP contribution in [0.25, 0.3) is 0 Å². The van der Waals surface area contributed by atoms with Gasteiger partial charge in [0.05, 0.1) is 25.2 Å². The number of halogens is 4. The van der Waals surface area contributed by atoms with E-state index in [0.717, 1.165) is 57.8 Å². The fourth-order valence-corrected chi connectivity index (χ4v) is 11.5. The smallest absolute Gasteiger partial charge is 0.351 e.